The second-order valence-electron chi connectivity index (χ2n) is 5.15. The van der Waals surface area contributed by atoms with Gasteiger partial charge in [-0.1, -0.05) is 52.0 Å². The van der Waals surface area contributed by atoms with Crippen molar-refractivity contribution in [3.05, 3.63) is 33.8 Å². The Bertz CT molecular complexity index is 473. The Morgan fingerprint density at radius 1 is 1.26 bits per heavy atom. The zero-order valence-corrected chi connectivity index (χ0v) is 13.6. The lowest BCUT2D eigenvalue weighted by Gasteiger charge is -2.26. The maximum atomic E-state index is 12.1. The topological polar surface area (TPSA) is 29.1 Å². The smallest absolute Gasteiger partial charge is 0.251 e. The molecular weight excluding hydrogens is 349 g/mol. The molecule has 0 spiro atoms. The molecule has 0 aromatic heterocycles. The van der Waals surface area contributed by atoms with Gasteiger partial charge in [0.1, 0.15) is 0 Å². The zero-order valence-electron chi connectivity index (χ0n) is 10.5. The van der Waals surface area contributed by atoms with Crippen molar-refractivity contribution < 1.29 is 4.79 Å². The first-order valence-corrected chi connectivity index (χ1v) is 8.23. The van der Waals surface area contributed by atoms with Crippen LogP contribution in [-0.2, 0) is 0 Å². The second kappa shape index (κ2) is 6.47. The largest absolute Gasteiger partial charge is 0.351 e. The molecule has 1 aliphatic rings. The van der Waals surface area contributed by atoms with Gasteiger partial charge < -0.3 is 5.32 Å². The van der Waals surface area contributed by atoms with Gasteiger partial charge in [0.05, 0.1) is 10.0 Å². The van der Waals surface area contributed by atoms with E-state index in [9.17, 15) is 4.79 Å². The van der Waals surface area contributed by atoms with E-state index < -0.39 is 0 Å². The van der Waals surface area contributed by atoms with Crippen LogP contribution in [-0.4, -0.2) is 17.8 Å². The molecule has 1 aliphatic carbocycles. The van der Waals surface area contributed by atoms with E-state index in [0.29, 0.717) is 22.2 Å². The number of nitrogens with one attached hydrogen (secondary N) is 1. The average Bonchev–Trinajstić information content (AvgIpc) is 2.89. The van der Waals surface area contributed by atoms with Crippen molar-refractivity contribution in [2.45, 2.75) is 25.7 Å². The third-order valence-corrected chi connectivity index (χ3v) is 5.68. The van der Waals surface area contributed by atoms with E-state index in [4.69, 9.17) is 23.2 Å². The van der Waals surface area contributed by atoms with Crippen LogP contribution in [0.1, 0.15) is 36.0 Å². The maximum absolute atomic E-state index is 12.1. The van der Waals surface area contributed by atoms with Gasteiger partial charge in [0, 0.05) is 17.4 Å². The minimum Gasteiger partial charge on any atom is -0.351 e. The summed E-state index contributed by atoms with van der Waals surface area (Å²) >= 11 is 15.3. The number of carbonyl (C=O) groups excluding carboxylic acids is 1. The number of halogens is 3. The Morgan fingerprint density at radius 2 is 1.95 bits per heavy atom. The molecule has 0 bridgehead atoms. The SMILES string of the molecule is O=C(NCC1(CBr)CCCC1)c1ccc(Cl)c(Cl)c1. The fraction of sp³-hybridized carbons (Fsp3) is 0.500. The predicted molar refractivity (Wildman–Crippen MR) is 83.5 cm³/mol. The highest BCUT2D eigenvalue weighted by atomic mass is 79.9. The first-order valence-electron chi connectivity index (χ1n) is 6.36. The van der Waals surface area contributed by atoms with Crippen molar-refractivity contribution in [1.82, 2.24) is 5.32 Å². The molecule has 0 saturated heterocycles. The number of rotatable bonds is 4. The van der Waals surface area contributed by atoms with Gasteiger partial charge in [-0.15, -0.1) is 0 Å². The van der Waals surface area contributed by atoms with Crippen molar-refractivity contribution in [2.75, 3.05) is 11.9 Å². The molecule has 0 heterocycles. The standard InChI is InChI=1S/C14H16BrCl2NO/c15-8-14(5-1-2-6-14)9-18-13(19)10-3-4-11(16)12(17)7-10/h3-4,7H,1-2,5-6,8-9H2,(H,18,19). The summed E-state index contributed by atoms with van der Waals surface area (Å²) in [6.45, 7) is 0.706. The summed E-state index contributed by atoms with van der Waals surface area (Å²) in [5.74, 6) is -0.0919. The highest BCUT2D eigenvalue weighted by Crippen LogP contribution is 2.39. The number of carbonyl (C=O) groups is 1. The van der Waals surface area contributed by atoms with Crippen LogP contribution in [0.25, 0.3) is 0 Å². The fourth-order valence-electron chi connectivity index (χ4n) is 2.49. The van der Waals surface area contributed by atoms with Gasteiger partial charge in [-0.25, -0.2) is 0 Å². The molecule has 0 unspecified atom stereocenters. The van der Waals surface area contributed by atoms with Crippen LogP contribution >= 0.6 is 39.1 Å². The molecule has 0 radical (unpaired) electrons. The lowest BCUT2D eigenvalue weighted by Crippen LogP contribution is -2.37. The molecule has 0 atom stereocenters. The van der Waals surface area contributed by atoms with Gasteiger partial charge >= 0.3 is 0 Å². The maximum Gasteiger partial charge on any atom is 0.251 e. The quantitative estimate of drug-likeness (QED) is 0.772. The lowest BCUT2D eigenvalue weighted by atomic mass is 9.89. The van der Waals surface area contributed by atoms with Crippen molar-refractivity contribution >= 4 is 45.0 Å². The van der Waals surface area contributed by atoms with Gasteiger partial charge in [-0.05, 0) is 36.5 Å². The molecule has 1 amide bonds. The average molecular weight is 365 g/mol. The minimum atomic E-state index is -0.0919. The Morgan fingerprint density at radius 3 is 2.53 bits per heavy atom. The predicted octanol–water partition coefficient (Wildman–Crippen LogP) is 4.68. The molecule has 2 nitrogen and oxygen atoms in total. The molecule has 1 fully saturated rings. The molecule has 19 heavy (non-hydrogen) atoms. The molecule has 104 valence electrons. The Labute approximate surface area is 132 Å². The molecule has 0 aliphatic heterocycles. The molecule has 1 N–H and O–H groups in total. The van der Waals surface area contributed by atoms with Crippen molar-refractivity contribution in [3.63, 3.8) is 0 Å². The van der Waals surface area contributed by atoms with Crippen LogP contribution in [0.3, 0.4) is 0 Å². The van der Waals surface area contributed by atoms with E-state index in [0.717, 1.165) is 5.33 Å². The van der Waals surface area contributed by atoms with E-state index in [1.54, 1.807) is 18.2 Å². The van der Waals surface area contributed by atoms with E-state index in [2.05, 4.69) is 21.2 Å². The number of hydrogen-bond acceptors (Lipinski definition) is 1. The van der Waals surface area contributed by atoms with Gasteiger partial charge in [0.25, 0.3) is 5.91 Å². The summed E-state index contributed by atoms with van der Waals surface area (Å²) in [5.41, 5.74) is 0.767. The van der Waals surface area contributed by atoms with Gasteiger partial charge in [0.2, 0.25) is 0 Å². The first kappa shape index (κ1) is 15.1. The van der Waals surface area contributed by atoms with E-state index in [1.807, 2.05) is 0 Å². The highest BCUT2D eigenvalue weighted by molar-refractivity contribution is 9.09. The lowest BCUT2D eigenvalue weighted by molar-refractivity contribution is 0.0935. The summed E-state index contributed by atoms with van der Waals surface area (Å²) in [5, 5.41) is 4.81. The third kappa shape index (κ3) is 3.65. The fourth-order valence-corrected chi connectivity index (χ4v) is 3.55. The number of hydrogen-bond donors (Lipinski definition) is 1. The summed E-state index contributed by atoms with van der Waals surface area (Å²) in [7, 11) is 0. The number of amides is 1. The Hall–Kier alpha value is -0.250. The minimum absolute atomic E-state index is 0.0919. The van der Waals surface area contributed by atoms with E-state index in [1.165, 1.54) is 25.7 Å². The summed E-state index contributed by atoms with van der Waals surface area (Å²) in [4.78, 5) is 12.1. The molecule has 1 saturated carbocycles. The van der Waals surface area contributed by atoms with Crippen molar-refractivity contribution in [1.29, 1.82) is 0 Å². The highest BCUT2D eigenvalue weighted by Gasteiger charge is 2.33. The van der Waals surface area contributed by atoms with Crippen LogP contribution < -0.4 is 5.32 Å². The second-order valence-corrected chi connectivity index (χ2v) is 6.53. The molecule has 1 aromatic rings. The van der Waals surface area contributed by atoms with Gasteiger partial charge in [0.15, 0.2) is 0 Å². The van der Waals surface area contributed by atoms with Crippen LogP contribution in [0.15, 0.2) is 18.2 Å². The van der Waals surface area contributed by atoms with Crippen LogP contribution in [0, 0.1) is 5.41 Å². The molecular formula is C14H16BrCl2NO. The Kier molecular flexibility index (Phi) is 5.15. The molecule has 2 rings (SSSR count). The van der Waals surface area contributed by atoms with Gasteiger partial charge in [-0.3, -0.25) is 4.79 Å². The summed E-state index contributed by atoms with van der Waals surface area (Å²) < 4.78 is 0. The van der Waals surface area contributed by atoms with Crippen molar-refractivity contribution in [3.8, 4) is 0 Å². The van der Waals surface area contributed by atoms with Crippen LogP contribution in [0.5, 0.6) is 0 Å². The number of benzene rings is 1. The molecule has 1 aromatic carbocycles. The first-order chi connectivity index (χ1) is 9.06. The normalized spacial score (nSPS) is 17.4. The van der Waals surface area contributed by atoms with E-state index >= 15 is 0 Å². The number of alkyl halides is 1. The van der Waals surface area contributed by atoms with E-state index in [-0.39, 0.29) is 11.3 Å². The van der Waals surface area contributed by atoms with Crippen LogP contribution in [0.2, 0.25) is 10.0 Å². The third-order valence-electron chi connectivity index (χ3n) is 3.75. The van der Waals surface area contributed by atoms with Crippen LogP contribution in [0.4, 0.5) is 0 Å². The van der Waals surface area contributed by atoms with Crippen molar-refractivity contribution in [2.24, 2.45) is 5.41 Å². The summed E-state index contributed by atoms with van der Waals surface area (Å²) in [6, 6.07) is 4.95. The molecule has 5 heteroatoms. The Balaban J connectivity index is 1.99. The summed E-state index contributed by atoms with van der Waals surface area (Å²) in [6.07, 6.45) is 4.82. The van der Waals surface area contributed by atoms with Gasteiger partial charge in [-0.2, -0.15) is 0 Å². The monoisotopic (exact) mass is 363 g/mol. The zero-order chi connectivity index (χ0) is 13.9.